The maximum Gasteiger partial charge on any atom is 0.343 e. The van der Waals surface area contributed by atoms with E-state index in [4.69, 9.17) is 9.47 Å². The van der Waals surface area contributed by atoms with Crippen molar-refractivity contribution in [2.75, 3.05) is 0 Å². The summed E-state index contributed by atoms with van der Waals surface area (Å²) in [5.74, 6) is -0.937. The first kappa shape index (κ1) is 27.7. The Hall–Kier alpha value is -5.82. The van der Waals surface area contributed by atoms with Gasteiger partial charge in [-0.05, 0) is 60.2 Å². The van der Waals surface area contributed by atoms with E-state index in [1.807, 2.05) is 55.5 Å². The Balaban J connectivity index is 1.24. The Labute approximate surface area is 242 Å². The van der Waals surface area contributed by atoms with E-state index in [9.17, 15) is 14.4 Å². The number of rotatable bonds is 8. The molecule has 1 N–H and O–H groups in total. The lowest BCUT2D eigenvalue weighted by molar-refractivity contribution is -0.128. The first-order valence-corrected chi connectivity index (χ1v) is 13.2. The Bertz CT molecular complexity index is 1820. The number of carbonyl (C=O) groups excluding carboxylic acids is 3. The van der Waals surface area contributed by atoms with Gasteiger partial charge in [0.05, 0.1) is 11.8 Å². The Kier molecular flexibility index (Phi) is 8.60. The number of hydrazone groups is 1. The highest BCUT2D eigenvalue weighted by Gasteiger charge is 2.12. The summed E-state index contributed by atoms with van der Waals surface area (Å²) in [5.41, 5.74) is 5.51. The molecule has 1 amide bonds. The van der Waals surface area contributed by atoms with E-state index in [0.29, 0.717) is 28.0 Å². The molecular formula is C35H26N2O5. The maximum atomic E-state index is 12.8. The van der Waals surface area contributed by atoms with Gasteiger partial charge >= 0.3 is 11.9 Å². The van der Waals surface area contributed by atoms with Crippen LogP contribution in [0.3, 0.4) is 0 Å². The zero-order chi connectivity index (χ0) is 29.3. The smallest absolute Gasteiger partial charge is 0.343 e. The number of nitrogens with one attached hydrogen (secondary N) is 1. The summed E-state index contributed by atoms with van der Waals surface area (Å²) in [6, 6.07) is 33.8. The number of amides is 1. The molecule has 0 atom stereocenters. The van der Waals surface area contributed by atoms with Gasteiger partial charge in [0, 0.05) is 22.8 Å². The molecule has 7 nitrogen and oxygen atoms in total. The van der Waals surface area contributed by atoms with Crippen LogP contribution in [-0.2, 0) is 4.79 Å². The zero-order valence-electron chi connectivity index (χ0n) is 22.7. The molecular weight excluding hydrogens is 528 g/mol. The molecule has 0 saturated carbocycles. The molecule has 0 fully saturated rings. The van der Waals surface area contributed by atoms with Crippen LogP contribution in [0.1, 0.15) is 37.4 Å². The summed E-state index contributed by atoms with van der Waals surface area (Å²) < 4.78 is 11.1. The van der Waals surface area contributed by atoms with Crippen LogP contribution in [0.5, 0.6) is 11.5 Å². The van der Waals surface area contributed by atoms with Gasteiger partial charge in [-0.2, -0.15) is 5.10 Å². The molecule has 0 aliphatic carbocycles. The molecule has 7 heteroatoms. The van der Waals surface area contributed by atoms with Crippen molar-refractivity contribution in [1.82, 2.24) is 5.43 Å². The second kappa shape index (κ2) is 13.0. The molecule has 42 heavy (non-hydrogen) atoms. The largest absolute Gasteiger partial charge is 0.423 e. The van der Waals surface area contributed by atoms with Crippen molar-refractivity contribution >= 4 is 40.9 Å². The van der Waals surface area contributed by atoms with Crippen LogP contribution in [0, 0.1) is 6.92 Å². The van der Waals surface area contributed by atoms with E-state index >= 15 is 0 Å². The molecule has 206 valence electrons. The minimum Gasteiger partial charge on any atom is -0.423 e. The summed E-state index contributed by atoms with van der Waals surface area (Å²) >= 11 is 0. The summed E-state index contributed by atoms with van der Waals surface area (Å²) in [6.45, 7) is 1.94. The van der Waals surface area contributed by atoms with Crippen LogP contribution in [0.2, 0.25) is 0 Å². The molecule has 0 bridgehead atoms. The number of aryl methyl sites for hydroxylation is 1. The second-order valence-corrected chi connectivity index (χ2v) is 9.31. The van der Waals surface area contributed by atoms with Gasteiger partial charge in [-0.25, -0.2) is 15.0 Å². The van der Waals surface area contributed by atoms with Crippen molar-refractivity contribution in [1.29, 1.82) is 0 Å². The number of nitrogens with zero attached hydrogens (tertiary/aromatic N) is 1. The lowest BCUT2D eigenvalue weighted by Crippen LogP contribution is -2.18. The summed E-state index contributed by atoms with van der Waals surface area (Å²) in [5, 5.41) is 5.84. The number of para-hydroxylation sites is 2. The fourth-order valence-corrected chi connectivity index (χ4v) is 4.18. The summed E-state index contributed by atoms with van der Waals surface area (Å²) in [7, 11) is 0. The molecule has 0 spiro atoms. The Morgan fingerprint density at radius 3 is 2.12 bits per heavy atom. The van der Waals surface area contributed by atoms with Gasteiger partial charge in [-0.3, -0.25) is 4.79 Å². The number of hydrogen-bond donors (Lipinski definition) is 1. The number of fused-ring (bicyclic) bond motifs is 1. The third-order valence-corrected chi connectivity index (χ3v) is 6.34. The monoisotopic (exact) mass is 554 g/mol. The van der Waals surface area contributed by atoms with Gasteiger partial charge in [0.15, 0.2) is 0 Å². The number of esters is 2. The number of carbonyl (C=O) groups is 3. The van der Waals surface area contributed by atoms with Crippen molar-refractivity contribution in [3.8, 4) is 11.5 Å². The molecule has 0 aromatic heterocycles. The highest BCUT2D eigenvalue weighted by molar-refractivity contribution is 6.07. The highest BCUT2D eigenvalue weighted by Crippen LogP contribution is 2.22. The molecule has 5 aromatic carbocycles. The quantitative estimate of drug-likeness (QED) is 0.0753. The van der Waals surface area contributed by atoms with E-state index < -0.39 is 11.9 Å². The first-order chi connectivity index (χ1) is 20.5. The van der Waals surface area contributed by atoms with E-state index in [0.717, 1.165) is 16.3 Å². The normalized spacial score (nSPS) is 11.1. The zero-order valence-corrected chi connectivity index (χ0v) is 22.7. The van der Waals surface area contributed by atoms with Gasteiger partial charge in [-0.1, -0.05) is 84.4 Å². The predicted molar refractivity (Wildman–Crippen MR) is 163 cm³/mol. The summed E-state index contributed by atoms with van der Waals surface area (Å²) in [6.07, 6.45) is 4.17. The molecule has 0 unspecified atom stereocenters. The summed E-state index contributed by atoms with van der Waals surface area (Å²) in [4.78, 5) is 38.0. The molecule has 0 saturated heterocycles. The average Bonchev–Trinajstić information content (AvgIpc) is 3.01. The maximum absolute atomic E-state index is 12.8. The SMILES string of the molecule is Cc1ccc(C(=O)Oc2ccccc2/C=C/C(=O)Oc2ccccc2/C=N/NC(=O)c2cccc3ccccc23)cc1. The van der Waals surface area contributed by atoms with Crippen LogP contribution < -0.4 is 14.9 Å². The van der Waals surface area contributed by atoms with Crippen LogP contribution in [0.25, 0.3) is 16.8 Å². The van der Waals surface area contributed by atoms with Gasteiger partial charge in [-0.15, -0.1) is 0 Å². The minimum atomic E-state index is -0.643. The molecule has 0 aliphatic rings. The number of benzene rings is 5. The van der Waals surface area contributed by atoms with Crippen LogP contribution >= 0.6 is 0 Å². The standard InChI is InChI=1S/C35H26N2O5/c1-24-17-19-27(20-18-24)35(40)42-31-15-6-3-10-26(31)21-22-33(38)41-32-16-7-4-11-28(32)23-36-37-34(39)30-14-8-12-25-9-2-5-13-29(25)30/h2-23H,1H3,(H,37,39)/b22-21+,36-23+. The van der Waals surface area contributed by atoms with Crippen molar-refractivity contribution in [2.45, 2.75) is 6.92 Å². The van der Waals surface area contributed by atoms with Gasteiger partial charge in [0.1, 0.15) is 11.5 Å². The Morgan fingerprint density at radius 2 is 1.33 bits per heavy atom. The number of ether oxygens (including phenoxy) is 2. The molecule has 5 rings (SSSR count). The van der Waals surface area contributed by atoms with Crippen LogP contribution in [0.4, 0.5) is 0 Å². The minimum absolute atomic E-state index is 0.259. The van der Waals surface area contributed by atoms with Crippen LogP contribution in [0.15, 0.2) is 126 Å². The highest BCUT2D eigenvalue weighted by atomic mass is 16.5. The average molecular weight is 555 g/mol. The van der Waals surface area contributed by atoms with Crippen molar-refractivity contribution in [3.05, 3.63) is 149 Å². The molecule has 0 aliphatic heterocycles. The van der Waals surface area contributed by atoms with E-state index in [1.165, 1.54) is 18.4 Å². The van der Waals surface area contributed by atoms with Crippen molar-refractivity contribution in [2.24, 2.45) is 5.10 Å². The lowest BCUT2D eigenvalue weighted by Gasteiger charge is -2.08. The van der Waals surface area contributed by atoms with Gasteiger partial charge in [0.25, 0.3) is 5.91 Å². The fraction of sp³-hybridized carbons (Fsp3) is 0.0286. The molecule has 0 radical (unpaired) electrons. The van der Waals surface area contributed by atoms with E-state index in [2.05, 4.69) is 10.5 Å². The lowest BCUT2D eigenvalue weighted by atomic mass is 10.0. The third kappa shape index (κ3) is 6.84. The van der Waals surface area contributed by atoms with E-state index in [-0.39, 0.29) is 11.7 Å². The number of hydrogen-bond acceptors (Lipinski definition) is 6. The molecule has 5 aromatic rings. The molecule has 0 heterocycles. The topological polar surface area (TPSA) is 94.1 Å². The van der Waals surface area contributed by atoms with E-state index in [1.54, 1.807) is 66.7 Å². The van der Waals surface area contributed by atoms with Crippen molar-refractivity contribution < 1.29 is 23.9 Å². The Morgan fingerprint density at radius 1 is 0.690 bits per heavy atom. The fourth-order valence-electron chi connectivity index (χ4n) is 4.18. The van der Waals surface area contributed by atoms with Crippen molar-refractivity contribution in [3.63, 3.8) is 0 Å². The van der Waals surface area contributed by atoms with Gasteiger partial charge < -0.3 is 9.47 Å². The van der Waals surface area contributed by atoms with Gasteiger partial charge in [0.2, 0.25) is 0 Å². The second-order valence-electron chi connectivity index (χ2n) is 9.31. The first-order valence-electron chi connectivity index (χ1n) is 13.2. The predicted octanol–water partition coefficient (Wildman–Crippen LogP) is 6.75. The van der Waals surface area contributed by atoms with Crippen LogP contribution in [-0.4, -0.2) is 24.1 Å². The third-order valence-electron chi connectivity index (χ3n) is 6.34.